The smallest absolute Gasteiger partial charge is 0.234 e. The third kappa shape index (κ3) is 4.80. The summed E-state index contributed by atoms with van der Waals surface area (Å²) in [4.78, 5) is 8.55. The first-order valence-electron chi connectivity index (χ1n) is 7.89. The summed E-state index contributed by atoms with van der Waals surface area (Å²) < 4.78 is 17.7. The molecular formula is C17H20Cl2N5O2P. The van der Waals surface area contributed by atoms with Crippen molar-refractivity contribution in [1.29, 1.82) is 0 Å². The van der Waals surface area contributed by atoms with Crippen LogP contribution < -0.4 is 15.9 Å². The van der Waals surface area contributed by atoms with Crippen LogP contribution in [0.1, 0.15) is 11.3 Å². The van der Waals surface area contributed by atoms with Crippen LogP contribution in [0.25, 0.3) is 0 Å². The van der Waals surface area contributed by atoms with Crippen molar-refractivity contribution in [2.75, 3.05) is 24.0 Å². The van der Waals surface area contributed by atoms with Crippen molar-refractivity contribution in [2.45, 2.75) is 13.8 Å². The molecule has 2 aromatic heterocycles. The Labute approximate surface area is 168 Å². The zero-order valence-electron chi connectivity index (χ0n) is 15.3. The van der Waals surface area contributed by atoms with E-state index in [0.29, 0.717) is 28.4 Å². The fourth-order valence-electron chi connectivity index (χ4n) is 2.32. The number of hydrogen-bond acceptors (Lipinski definition) is 7. The lowest BCUT2D eigenvalue weighted by atomic mass is 10.3. The van der Waals surface area contributed by atoms with Gasteiger partial charge in [0.2, 0.25) is 11.8 Å². The number of halogens is 2. The lowest BCUT2D eigenvalue weighted by Crippen LogP contribution is -2.10. The van der Waals surface area contributed by atoms with Gasteiger partial charge in [-0.2, -0.15) is 4.98 Å². The number of rotatable bonds is 5. The highest BCUT2D eigenvalue weighted by molar-refractivity contribution is 7.70. The van der Waals surface area contributed by atoms with E-state index in [4.69, 9.17) is 16.1 Å². The zero-order valence-corrected chi connectivity index (χ0v) is 17.7. The topological polar surface area (TPSA) is 92.9 Å². The molecule has 0 amide bonds. The molecule has 3 rings (SSSR count). The molecule has 144 valence electrons. The number of para-hydroxylation sites is 1. The van der Waals surface area contributed by atoms with Gasteiger partial charge in [-0.3, -0.25) is 5.32 Å². The van der Waals surface area contributed by atoms with E-state index in [1.807, 2.05) is 38.1 Å². The minimum Gasteiger partial charge on any atom is -0.338 e. The second-order valence-electron chi connectivity index (χ2n) is 6.23. The Kier molecular flexibility index (Phi) is 6.52. The lowest BCUT2D eigenvalue weighted by molar-refractivity contribution is 0.429. The summed E-state index contributed by atoms with van der Waals surface area (Å²) in [7, 11) is -2.47. The van der Waals surface area contributed by atoms with Crippen molar-refractivity contribution in [2.24, 2.45) is 0 Å². The molecule has 0 aliphatic heterocycles. The van der Waals surface area contributed by atoms with Crippen LogP contribution in [-0.2, 0) is 4.57 Å². The summed E-state index contributed by atoms with van der Waals surface area (Å²) in [6.45, 7) is 7.18. The summed E-state index contributed by atoms with van der Waals surface area (Å²) in [6, 6.07) is 7.38. The lowest BCUT2D eigenvalue weighted by Gasteiger charge is -2.15. The average Bonchev–Trinajstić information content (AvgIpc) is 2.89. The quantitative estimate of drug-likeness (QED) is 0.559. The molecule has 0 spiro atoms. The summed E-state index contributed by atoms with van der Waals surface area (Å²) in [6.07, 6.45) is 1.48. The molecule has 0 radical (unpaired) electrons. The first kappa shape index (κ1) is 21.2. The van der Waals surface area contributed by atoms with Gasteiger partial charge in [-0.15, -0.1) is 12.4 Å². The molecule has 0 unspecified atom stereocenters. The van der Waals surface area contributed by atoms with Crippen LogP contribution in [0.4, 0.5) is 23.3 Å². The summed E-state index contributed by atoms with van der Waals surface area (Å²) in [5, 5.41) is 11.1. The third-order valence-electron chi connectivity index (χ3n) is 3.86. The molecule has 10 heteroatoms. The SMILES string of the molecule is Cc1noc(Nc2ncc(Cl)c(Nc3ccccc3P(C)(C)=O)n2)c1C.Cl. The predicted molar refractivity (Wildman–Crippen MR) is 112 cm³/mol. The van der Waals surface area contributed by atoms with E-state index >= 15 is 0 Å². The molecule has 0 aliphatic rings. The first-order chi connectivity index (χ1) is 12.3. The Bertz CT molecular complexity index is 1000. The van der Waals surface area contributed by atoms with Crippen LogP contribution in [0.5, 0.6) is 0 Å². The highest BCUT2D eigenvalue weighted by Gasteiger charge is 2.17. The van der Waals surface area contributed by atoms with Gasteiger partial charge in [0.15, 0.2) is 5.82 Å². The summed E-state index contributed by atoms with van der Waals surface area (Å²) in [5.41, 5.74) is 2.36. The number of hydrogen-bond donors (Lipinski definition) is 2. The van der Waals surface area contributed by atoms with E-state index < -0.39 is 7.14 Å². The number of benzene rings is 1. The zero-order chi connectivity index (χ0) is 18.9. The fourth-order valence-corrected chi connectivity index (χ4v) is 3.62. The minimum absolute atomic E-state index is 0. The monoisotopic (exact) mass is 427 g/mol. The Morgan fingerprint density at radius 2 is 1.85 bits per heavy atom. The Morgan fingerprint density at radius 3 is 2.48 bits per heavy atom. The van der Waals surface area contributed by atoms with E-state index in [1.165, 1.54) is 6.20 Å². The number of anilines is 4. The van der Waals surface area contributed by atoms with Gasteiger partial charge in [-0.25, -0.2) is 4.98 Å². The third-order valence-corrected chi connectivity index (χ3v) is 5.69. The van der Waals surface area contributed by atoms with Gasteiger partial charge < -0.3 is 14.4 Å². The first-order valence-corrected chi connectivity index (χ1v) is 10.9. The van der Waals surface area contributed by atoms with Crippen LogP contribution in [0.2, 0.25) is 5.02 Å². The van der Waals surface area contributed by atoms with E-state index in [2.05, 4.69) is 25.8 Å². The van der Waals surface area contributed by atoms with Gasteiger partial charge in [-0.05, 0) is 39.3 Å². The van der Waals surface area contributed by atoms with Crippen LogP contribution in [0.3, 0.4) is 0 Å². The van der Waals surface area contributed by atoms with Crippen molar-refractivity contribution < 1.29 is 9.09 Å². The molecule has 0 saturated carbocycles. The standard InChI is InChI=1S/C17H19ClN5O2P.ClH/c1-10-11(2)23-25-16(10)22-17-19-9-12(18)15(21-17)20-13-7-5-6-8-14(13)26(3,4)24;/h5-9H,1-4H3,(H2,19,20,21,22);1H. The number of aromatic nitrogens is 3. The number of aryl methyl sites for hydroxylation is 1. The molecular weight excluding hydrogens is 408 g/mol. The minimum atomic E-state index is -2.47. The maximum Gasteiger partial charge on any atom is 0.234 e. The molecule has 1 aromatic carbocycles. The van der Waals surface area contributed by atoms with E-state index in [9.17, 15) is 4.57 Å². The molecule has 27 heavy (non-hydrogen) atoms. The van der Waals surface area contributed by atoms with E-state index in [0.717, 1.165) is 16.6 Å². The van der Waals surface area contributed by atoms with Gasteiger partial charge in [0.25, 0.3) is 0 Å². The van der Waals surface area contributed by atoms with Crippen molar-refractivity contribution in [1.82, 2.24) is 15.1 Å². The Balaban J connectivity index is 0.00000261. The van der Waals surface area contributed by atoms with Gasteiger partial charge in [0.05, 0.1) is 17.6 Å². The van der Waals surface area contributed by atoms with Crippen molar-refractivity contribution in [3.8, 4) is 0 Å². The normalized spacial score (nSPS) is 11.0. The molecule has 0 bridgehead atoms. The molecule has 0 saturated heterocycles. The van der Waals surface area contributed by atoms with E-state index in [-0.39, 0.29) is 12.4 Å². The molecule has 2 heterocycles. The Hall–Kier alpha value is -2.08. The average molecular weight is 428 g/mol. The second-order valence-corrected chi connectivity index (χ2v) is 9.82. The maximum atomic E-state index is 12.5. The highest BCUT2D eigenvalue weighted by Crippen LogP contribution is 2.38. The molecule has 7 nitrogen and oxygen atoms in total. The van der Waals surface area contributed by atoms with Crippen molar-refractivity contribution in [3.05, 3.63) is 46.7 Å². The van der Waals surface area contributed by atoms with Crippen LogP contribution >= 0.6 is 31.1 Å². The predicted octanol–water partition coefficient (Wildman–Crippen LogP) is 4.89. The van der Waals surface area contributed by atoms with Gasteiger partial charge in [0.1, 0.15) is 12.2 Å². The van der Waals surface area contributed by atoms with Gasteiger partial charge in [-0.1, -0.05) is 28.9 Å². The van der Waals surface area contributed by atoms with Crippen LogP contribution in [0, 0.1) is 13.8 Å². The molecule has 0 fully saturated rings. The highest BCUT2D eigenvalue weighted by atomic mass is 35.5. The fraction of sp³-hybridized carbons (Fsp3) is 0.235. The molecule has 0 atom stereocenters. The Morgan fingerprint density at radius 1 is 1.15 bits per heavy atom. The van der Waals surface area contributed by atoms with Gasteiger partial charge >= 0.3 is 0 Å². The second kappa shape index (κ2) is 8.30. The summed E-state index contributed by atoms with van der Waals surface area (Å²) in [5.74, 6) is 1.19. The molecule has 0 aliphatic carbocycles. The van der Waals surface area contributed by atoms with Crippen LogP contribution in [-0.4, -0.2) is 28.5 Å². The number of nitrogens with zero attached hydrogens (tertiary/aromatic N) is 3. The summed E-state index contributed by atoms with van der Waals surface area (Å²) >= 11 is 6.23. The molecule has 2 N–H and O–H groups in total. The van der Waals surface area contributed by atoms with E-state index in [1.54, 1.807) is 13.3 Å². The maximum absolute atomic E-state index is 12.5. The van der Waals surface area contributed by atoms with Crippen molar-refractivity contribution in [3.63, 3.8) is 0 Å². The van der Waals surface area contributed by atoms with Gasteiger partial charge in [0, 0.05) is 10.9 Å². The molecule has 3 aromatic rings. The largest absolute Gasteiger partial charge is 0.338 e. The van der Waals surface area contributed by atoms with Crippen molar-refractivity contribution >= 4 is 59.8 Å². The number of nitrogens with one attached hydrogen (secondary N) is 2. The van der Waals surface area contributed by atoms with Crippen LogP contribution in [0.15, 0.2) is 35.0 Å².